The minimum atomic E-state index is -1.86. The number of carbonyl (C=O) groups excluding carboxylic acids is 2. The van der Waals surface area contributed by atoms with Crippen molar-refractivity contribution in [1.29, 1.82) is 0 Å². The Morgan fingerprint density at radius 1 is 0.500 bits per heavy atom. The normalized spacial score (nSPS) is 19.8. The number of aliphatic hydroxyl groups excluding tert-OH is 3. The van der Waals surface area contributed by atoms with E-state index in [4.69, 9.17) is 18.9 Å². The summed E-state index contributed by atoms with van der Waals surface area (Å²) in [6.07, 6.45) is 39.0. The number of aliphatic carboxylic acids is 1. The van der Waals surface area contributed by atoms with Gasteiger partial charge in [-0.25, -0.2) is 4.79 Å². The molecule has 0 spiro atoms. The molecule has 0 bridgehead atoms. The van der Waals surface area contributed by atoms with Crippen LogP contribution in [0, 0.1) is 0 Å². The molecule has 11 heteroatoms. The lowest BCUT2D eigenvalue weighted by molar-refractivity contribution is -0.298. The zero-order valence-electron chi connectivity index (χ0n) is 39.1. The molecule has 1 aliphatic rings. The molecule has 0 radical (unpaired) electrons. The Hall–Kier alpha value is -2.57. The molecule has 6 unspecified atom stereocenters. The molecule has 4 N–H and O–H groups in total. The smallest absolute Gasteiger partial charge is 0.335 e. The number of esters is 2. The van der Waals surface area contributed by atoms with Crippen molar-refractivity contribution >= 4 is 17.9 Å². The third-order valence-corrected chi connectivity index (χ3v) is 11.5. The van der Waals surface area contributed by atoms with E-state index in [1.807, 2.05) is 0 Å². The van der Waals surface area contributed by atoms with Gasteiger partial charge in [-0.05, 0) is 70.6 Å². The fourth-order valence-electron chi connectivity index (χ4n) is 7.49. The van der Waals surface area contributed by atoms with Gasteiger partial charge in [0.05, 0.1) is 6.61 Å². The van der Waals surface area contributed by atoms with Gasteiger partial charge in [0.2, 0.25) is 0 Å². The van der Waals surface area contributed by atoms with Crippen molar-refractivity contribution in [3.63, 3.8) is 0 Å². The topological polar surface area (TPSA) is 169 Å². The first kappa shape index (κ1) is 57.4. The zero-order valence-corrected chi connectivity index (χ0v) is 39.1. The maximum absolute atomic E-state index is 12.8. The fraction of sp³-hybridized carbons (Fsp3) is 0.824. The first-order chi connectivity index (χ1) is 30.2. The number of aliphatic hydroxyl groups is 3. The molecule has 0 aromatic heterocycles. The molecule has 1 rings (SSSR count). The maximum Gasteiger partial charge on any atom is 0.335 e. The molecule has 0 saturated carbocycles. The van der Waals surface area contributed by atoms with Crippen LogP contribution in [-0.4, -0.2) is 88.4 Å². The highest BCUT2D eigenvalue weighted by Gasteiger charge is 2.47. The summed E-state index contributed by atoms with van der Waals surface area (Å²) in [6.45, 7) is 3.80. The quantitative estimate of drug-likeness (QED) is 0.0261. The van der Waals surface area contributed by atoms with E-state index >= 15 is 0 Å². The Balaban J connectivity index is 2.33. The number of carboxylic acid groups (broad SMARTS) is 1. The molecule has 6 atom stereocenters. The molecular weight excluding hydrogens is 789 g/mol. The Bertz CT molecular complexity index is 1170. The van der Waals surface area contributed by atoms with E-state index in [2.05, 4.69) is 50.3 Å². The van der Waals surface area contributed by atoms with Crippen LogP contribution in [0.3, 0.4) is 0 Å². The molecule has 1 aliphatic heterocycles. The van der Waals surface area contributed by atoms with Crippen molar-refractivity contribution in [1.82, 2.24) is 0 Å². The van der Waals surface area contributed by atoms with Gasteiger partial charge >= 0.3 is 17.9 Å². The lowest BCUT2D eigenvalue weighted by atomic mass is 9.99. The average molecular weight is 879 g/mol. The molecule has 0 aliphatic carbocycles. The van der Waals surface area contributed by atoms with Crippen LogP contribution >= 0.6 is 0 Å². The number of carboxylic acids is 1. The molecule has 11 nitrogen and oxygen atoms in total. The predicted molar refractivity (Wildman–Crippen MR) is 248 cm³/mol. The SMILES string of the molecule is CCCCCC/C=C\C/C=C\CCCCCCCCCC(=O)OCC(COC1OC(C(=O)O)C(O)C(O)C1O)OC(=O)CCCCCCCCC/C=C\CCCCCCCCC. The van der Waals surface area contributed by atoms with Gasteiger partial charge in [0.15, 0.2) is 18.5 Å². The fourth-order valence-corrected chi connectivity index (χ4v) is 7.49. The summed E-state index contributed by atoms with van der Waals surface area (Å²) in [4.78, 5) is 36.9. The number of carbonyl (C=O) groups is 3. The van der Waals surface area contributed by atoms with Crippen LogP contribution in [0.1, 0.15) is 219 Å². The minimum Gasteiger partial charge on any atom is -0.479 e. The molecule has 0 amide bonds. The summed E-state index contributed by atoms with van der Waals surface area (Å²) < 4.78 is 21.8. The predicted octanol–water partition coefficient (Wildman–Crippen LogP) is 11.5. The van der Waals surface area contributed by atoms with E-state index < -0.39 is 61.3 Å². The number of ether oxygens (including phenoxy) is 4. The van der Waals surface area contributed by atoms with E-state index in [0.717, 1.165) is 57.8 Å². The van der Waals surface area contributed by atoms with Crippen molar-refractivity contribution in [2.75, 3.05) is 13.2 Å². The summed E-state index contributed by atoms with van der Waals surface area (Å²) in [7, 11) is 0. The minimum absolute atomic E-state index is 0.177. The van der Waals surface area contributed by atoms with Crippen LogP contribution in [0.25, 0.3) is 0 Å². The van der Waals surface area contributed by atoms with Gasteiger partial charge < -0.3 is 39.4 Å². The largest absolute Gasteiger partial charge is 0.479 e. The van der Waals surface area contributed by atoms with Gasteiger partial charge in [-0.1, -0.05) is 172 Å². The standard InChI is InChI=1S/C51H90O11/c1-3-5-7-9-11-13-15-17-19-21-23-25-27-29-31-33-35-37-39-44(52)59-41-43(42-60-51-48(56)46(54)47(55)49(62-51)50(57)58)61-45(53)40-38-36-34-32-30-28-26-24-22-20-18-16-14-12-10-8-6-4-2/h13,15,19-22,43,46-49,51,54-56H,3-12,14,16-18,23-42H2,1-2H3,(H,57,58)/b15-13-,21-19-,22-20-. The van der Waals surface area contributed by atoms with Crippen molar-refractivity contribution in [3.05, 3.63) is 36.5 Å². The van der Waals surface area contributed by atoms with E-state index in [9.17, 15) is 34.8 Å². The molecule has 1 fully saturated rings. The van der Waals surface area contributed by atoms with Gasteiger partial charge in [0, 0.05) is 12.8 Å². The monoisotopic (exact) mass is 879 g/mol. The molecule has 360 valence electrons. The highest BCUT2D eigenvalue weighted by Crippen LogP contribution is 2.23. The first-order valence-corrected chi connectivity index (χ1v) is 25.0. The van der Waals surface area contributed by atoms with E-state index in [1.165, 1.54) is 122 Å². The van der Waals surface area contributed by atoms with Gasteiger partial charge in [-0.2, -0.15) is 0 Å². The van der Waals surface area contributed by atoms with E-state index in [1.54, 1.807) is 0 Å². The summed E-state index contributed by atoms with van der Waals surface area (Å²) in [5, 5.41) is 39.9. The highest BCUT2D eigenvalue weighted by atomic mass is 16.7. The summed E-state index contributed by atoms with van der Waals surface area (Å²) >= 11 is 0. The van der Waals surface area contributed by atoms with E-state index in [-0.39, 0.29) is 19.4 Å². The van der Waals surface area contributed by atoms with Crippen molar-refractivity contribution in [3.8, 4) is 0 Å². The highest BCUT2D eigenvalue weighted by molar-refractivity contribution is 5.73. The lowest BCUT2D eigenvalue weighted by Gasteiger charge is -2.38. The molecule has 1 saturated heterocycles. The van der Waals surface area contributed by atoms with E-state index in [0.29, 0.717) is 12.8 Å². The number of allylic oxidation sites excluding steroid dienone is 6. The zero-order chi connectivity index (χ0) is 45.3. The van der Waals surface area contributed by atoms with Gasteiger partial charge in [0.25, 0.3) is 0 Å². The molecule has 1 heterocycles. The Morgan fingerprint density at radius 2 is 0.903 bits per heavy atom. The van der Waals surface area contributed by atoms with Gasteiger partial charge in [-0.15, -0.1) is 0 Å². The second kappa shape index (κ2) is 41.2. The molecule has 0 aromatic rings. The average Bonchev–Trinajstić information content (AvgIpc) is 3.26. The van der Waals surface area contributed by atoms with Crippen LogP contribution in [0.15, 0.2) is 36.5 Å². The lowest BCUT2D eigenvalue weighted by Crippen LogP contribution is -2.60. The van der Waals surface area contributed by atoms with Gasteiger partial charge in [0.1, 0.15) is 24.9 Å². The molecular formula is C51H90O11. The Morgan fingerprint density at radius 3 is 1.37 bits per heavy atom. The first-order valence-electron chi connectivity index (χ1n) is 25.0. The van der Waals surface area contributed by atoms with Crippen molar-refractivity contribution in [2.45, 2.75) is 256 Å². The summed E-state index contributed by atoms with van der Waals surface area (Å²) in [5.74, 6) is -2.45. The van der Waals surface area contributed by atoms with Crippen molar-refractivity contribution in [2.24, 2.45) is 0 Å². The van der Waals surface area contributed by atoms with Crippen molar-refractivity contribution < 1.29 is 53.8 Å². The van der Waals surface area contributed by atoms with Crippen LogP contribution in [0.2, 0.25) is 0 Å². The summed E-state index contributed by atoms with van der Waals surface area (Å²) in [6, 6.07) is 0. The number of unbranched alkanes of at least 4 members (excludes halogenated alkanes) is 25. The van der Waals surface area contributed by atoms with Crippen LogP contribution in [0.5, 0.6) is 0 Å². The third kappa shape index (κ3) is 32.1. The molecule has 0 aromatic carbocycles. The number of hydrogen-bond donors (Lipinski definition) is 4. The number of hydrogen-bond acceptors (Lipinski definition) is 10. The Labute approximate surface area is 376 Å². The van der Waals surface area contributed by atoms with Crippen LogP contribution in [0.4, 0.5) is 0 Å². The second-order valence-corrected chi connectivity index (χ2v) is 17.3. The second-order valence-electron chi connectivity index (χ2n) is 17.3. The molecule has 62 heavy (non-hydrogen) atoms. The van der Waals surface area contributed by atoms with Gasteiger partial charge in [-0.3, -0.25) is 9.59 Å². The number of rotatable bonds is 42. The van der Waals surface area contributed by atoms with Crippen LogP contribution in [-0.2, 0) is 33.3 Å². The Kier molecular flexibility index (Phi) is 38.1. The van der Waals surface area contributed by atoms with Crippen LogP contribution < -0.4 is 0 Å². The maximum atomic E-state index is 12.8. The summed E-state index contributed by atoms with van der Waals surface area (Å²) in [5.41, 5.74) is 0. The third-order valence-electron chi connectivity index (χ3n) is 11.5.